The first-order chi connectivity index (χ1) is 16.5. The van der Waals surface area contributed by atoms with Crippen molar-refractivity contribution in [3.63, 3.8) is 0 Å². The Labute approximate surface area is 205 Å². The van der Waals surface area contributed by atoms with Crippen LogP contribution in [0.4, 0.5) is 0 Å². The SMILES string of the molecule is CCc1nc2c(C)cc(C)nc2n1Cc1ccc(/C=C/CN2CCC(N(CC)CC)CC2)cc1. The molecule has 5 nitrogen and oxygen atoms in total. The lowest BCUT2D eigenvalue weighted by atomic mass is 10.0. The topological polar surface area (TPSA) is 37.2 Å². The van der Waals surface area contributed by atoms with Crippen molar-refractivity contribution in [1.82, 2.24) is 24.3 Å². The van der Waals surface area contributed by atoms with E-state index in [2.05, 4.69) is 91.5 Å². The van der Waals surface area contributed by atoms with Crippen LogP contribution in [0.2, 0.25) is 0 Å². The minimum atomic E-state index is 0.770. The largest absolute Gasteiger partial charge is 0.308 e. The number of rotatable bonds is 9. The average molecular weight is 460 g/mol. The van der Waals surface area contributed by atoms with E-state index in [-0.39, 0.29) is 0 Å². The molecule has 0 radical (unpaired) electrons. The maximum absolute atomic E-state index is 4.88. The van der Waals surface area contributed by atoms with Gasteiger partial charge in [0.15, 0.2) is 5.65 Å². The minimum absolute atomic E-state index is 0.770. The summed E-state index contributed by atoms with van der Waals surface area (Å²) >= 11 is 0. The van der Waals surface area contributed by atoms with Gasteiger partial charge in [-0.15, -0.1) is 0 Å². The smallest absolute Gasteiger partial charge is 0.160 e. The molecule has 4 rings (SSSR count). The number of fused-ring (bicyclic) bond motifs is 1. The number of likely N-dealkylation sites (tertiary alicyclic amines) is 1. The molecular formula is C29H41N5. The van der Waals surface area contributed by atoms with Crippen molar-refractivity contribution in [3.05, 3.63) is 64.6 Å². The Morgan fingerprint density at radius 2 is 1.71 bits per heavy atom. The van der Waals surface area contributed by atoms with Crippen molar-refractivity contribution in [2.45, 2.75) is 66.5 Å². The Morgan fingerprint density at radius 1 is 1.00 bits per heavy atom. The van der Waals surface area contributed by atoms with Gasteiger partial charge in [0.1, 0.15) is 11.3 Å². The van der Waals surface area contributed by atoms with E-state index >= 15 is 0 Å². The zero-order valence-corrected chi connectivity index (χ0v) is 21.7. The third-order valence-electron chi connectivity index (χ3n) is 7.30. The van der Waals surface area contributed by atoms with Crippen molar-refractivity contribution in [1.29, 1.82) is 0 Å². The summed E-state index contributed by atoms with van der Waals surface area (Å²) in [7, 11) is 0. The quantitative estimate of drug-likeness (QED) is 0.425. The van der Waals surface area contributed by atoms with Gasteiger partial charge in [0.05, 0.1) is 6.54 Å². The number of hydrogen-bond donors (Lipinski definition) is 0. The van der Waals surface area contributed by atoms with Gasteiger partial charge in [-0.05, 0) is 75.6 Å². The first kappa shape index (κ1) is 24.6. The van der Waals surface area contributed by atoms with Crippen LogP contribution in [0.5, 0.6) is 0 Å². The summed E-state index contributed by atoms with van der Waals surface area (Å²) in [6, 6.07) is 11.8. The number of pyridine rings is 1. The van der Waals surface area contributed by atoms with E-state index in [1.165, 1.54) is 55.7 Å². The highest BCUT2D eigenvalue weighted by Gasteiger charge is 2.22. The van der Waals surface area contributed by atoms with E-state index in [0.29, 0.717) is 0 Å². The van der Waals surface area contributed by atoms with E-state index in [9.17, 15) is 0 Å². The molecule has 0 spiro atoms. The minimum Gasteiger partial charge on any atom is -0.308 e. The normalized spacial score (nSPS) is 15.8. The van der Waals surface area contributed by atoms with Gasteiger partial charge in [-0.2, -0.15) is 0 Å². The van der Waals surface area contributed by atoms with Gasteiger partial charge in [-0.1, -0.05) is 57.2 Å². The molecule has 182 valence electrons. The van der Waals surface area contributed by atoms with Crippen LogP contribution in [0, 0.1) is 13.8 Å². The van der Waals surface area contributed by atoms with E-state index < -0.39 is 0 Å². The average Bonchev–Trinajstić information content (AvgIpc) is 3.19. The molecule has 1 aromatic carbocycles. The summed E-state index contributed by atoms with van der Waals surface area (Å²) in [5.74, 6) is 1.10. The third kappa shape index (κ3) is 5.59. The zero-order valence-electron chi connectivity index (χ0n) is 21.7. The Balaban J connectivity index is 1.36. The first-order valence-corrected chi connectivity index (χ1v) is 13.1. The van der Waals surface area contributed by atoms with Crippen molar-refractivity contribution in [2.75, 3.05) is 32.7 Å². The van der Waals surface area contributed by atoms with Crippen LogP contribution in [0.15, 0.2) is 36.4 Å². The Kier molecular flexibility index (Phi) is 8.17. The van der Waals surface area contributed by atoms with E-state index in [0.717, 1.165) is 48.2 Å². The maximum atomic E-state index is 4.88. The van der Waals surface area contributed by atoms with Crippen LogP contribution in [0.1, 0.15) is 61.8 Å². The predicted molar refractivity (Wildman–Crippen MR) is 143 cm³/mol. The molecule has 0 saturated carbocycles. The van der Waals surface area contributed by atoms with Crippen LogP contribution in [-0.2, 0) is 13.0 Å². The Hall–Kier alpha value is -2.50. The summed E-state index contributed by atoms with van der Waals surface area (Å²) in [6.45, 7) is 17.5. The van der Waals surface area contributed by atoms with E-state index in [1.54, 1.807) is 0 Å². The third-order valence-corrected chi connectivity index (χ3v) is 7.30. The summed E-state index contributed by atoms with van der Waals surface area (Å²) in [5, 5.41) is 0. The molecule has 0 atom stereocenters. The van der Waals surface area contributed by atoms with Gasteiger partial charge in [-0.25, -0.2) is 9.97 Å². The fraction of sp³-hybridized carbons (Fsp3) is 0.517. The summed E-state index contributed by atoms with van der Waals surface area (Å²) in [5.41, 5.74) is 6.83. The Morgan fingerprint density at radius 3 is 2.35 bits per heavy atom. The molecule has 0 amide bonds. The number of hydrogen-bond acceptors (Lipinski definition) is 4. The fourth-order valence-corrected chi connectivity index (χ4v) is 5.35. The van der Waals surface area contributed by atoms with Crippen LogP contribution < -0.4 is 0 Å². The molecule has 34 heavy (non-hydrogen) atoms. The molecular weight excluding hydrogens is 418 g/mol. The number of nitrogens with zero attached hydrogens (tertiary/aromatic N) is 5. The van der Waals surface area contributed by atoms with Crippen molar-refractivity contribution >= 4 is 17.2 Å². The number of piperidine rings is 1. The Bertz CT molecular complexity index is 1100. The first-order valence-electron chi connectivity index (χ1n) is 13.1. The van der Waals surface area contributed by atoms with Crippen LogP contribution in [0.25, 0.3) is 17.2 Å². The van der Waals surface area contributed by atoms with Gasteiger partial charge >= 0.3 is 0 Å². The molecule has 1 fully saturated rings. The lowest BCUT2D eigenvalue weighted by Crippen LogP contribution is -2.44. The molecule has 0 N–H and O–H groups in total. The second-order valence-electron chi connectivity index (χ2n) is 9.62. The number of imidazole rings is 1. The summed E-state index contributed by atoms with van der Waals surface area (Å²) in [4.78, 5) is 14.9. The van der Waals surface area contributed by atoms with Gasteiger partial charge < -0.3 is 9.47 Å². The van der Waals surface area contributed by atoms with Crippen molar-refractivity contribution in [2.24, 2.45) is 0 Å². The molecule has 3 aromatic rings. The molecule has 1 aliphatic rings. The van der Waals surface area contributed by atoms with Crippen molar-refractivity contribution in [3.8, 4) is 0 Å². The highest BCUT2D eigenvalue weighted by Crippen LogP contribution is 2.21. The van der Waals surface area contributed by atoms with Gasteiger partial charge in [0.25, 0.3) is 0 Å². The van der Waals surface area contributed by atoms with E-state index in [4.69, 9.17) is 9.97 Å². The van der Waals surface area contributed by atoms with Gasteiger partial charge in [0, 0.05) is 24.7 Å². The molecule has 0 bridgehead atoms. The summed E-state index contributed by atoms with van der Waals surface area (Å²) in [6.07, 6.45) is 8.07. The zero-order chi connectivity index (χ0) is 24.1. The molecule has 3 heterocycles. The lowest BCUT2D eigenvalue weighted by molar-refractivity contribution is 0.123. The van der Waals surface area contributed by atoms with Gasteiger partial charge in [-0.3, -0.25) is 4.90 Å². The van der Waals surface area contributed by atoms with E-state index in [1.807, 2.05) is 0 Å². The predicted octanol–water partition coefficient (Wildman–Crippen LogP) is 5.48. The maximum Gasteiger partial charge on any atom is 0.160 e. The van der Waals surface area contributed by atoms with Crippen LogP contribution in [0.3, 0.4) is 0 Å². The molecule has 5 heteroatoms. The molecule has 0 unspecified atom stereocenters. The highest BCUT2D eigenvalue weighted by atomic mass is 15.2. The molecule has 0 aliphatic carbocycles. The molecule has 1 aliphatic heterocycles. The van der Waals surface area contributed by atoms with Crippen LogP contribution in [-0.4, -0.2) is 63.1 Å². The lowest BCUT2D eigenvalue weighted by Gasteiger charge is -2.37. The van der Waals surface area contributed by atoms with Crippen molar-refractivity contribution < 1.29 is 0 Å². The number of aryl methyl sites for hydroxylation is 3. The van der Waals surface area contributed by atoms with Gasteiger partial charge in [0.2, 0.25) is 0 Å². The number of benzene rings is 1. The fourth-order valence-electron chi connectivity index (χ4n) is 5.35. The highest BCUT2D eigenvalue weighted by molar-refractivity contribution is 5.76. The molecule has 2 aromatic heterocycles. The van der Waals surface area contributed by atoms with Crippen LogP contribution >= 0.6 is 0 Å². The second-order valence-corrected chi connectivity index (χ2v) is 9.62. The number of aromatic nitrogens is 3. The second kappa shape index (κ2) is 11.3. The molecule has 1 saturated heterocycles. The monoisotopic (exact) mass is 459 g/mol. The summed E-state index contributed by atoms with van der Waals surface area (Å²) < 4.78 is 2.28. The standard InChI is InChI=1S/C29H41N5/c1-6-27-31-28-22(4)20-23(5)30-29(28)34(27)21-25-13-11-24(12-14-25)10-9-17-32-18-15-26(16-19-32)33(7-2)8-3/h9-14,20,26H,6-8,15-19,21H2,1-5H3/b10-9+.